The summed E-state index contributed by atoms with van der Waals surface area (Å²) in [7, 11) is 0. The van der Waals surface area contributed by atoms with Crippen molar-refractivity contribution >= 4 is 0 Å². The van der Waals surface area contributed by atoms with Crippen LogP contribution in [0.1, 0.15) is 71.6 Å². The highest BCUT2D eigenvalue weighted by molar-refractivity contribution is 5.07. The van der Waals surface area contributed by atoms with E-state index < -0.39 is 0 Å². The maximum absolute atomic E-state index is 10.3. The van der Waals surface area contributed by atoms with Crippen LogP contribution in [0.15, 0.2) is 0 Å². The third kappa shape index (κ3) is 2.48. The number of hydrogen-bond donors (Lipinski definition) is 1. The van der Waals surface area contributed by atoms with E-state index in [2.05, 4.69) is 6.92 Å². The van der Waals surface area contributed by atoms with E-state index in [0.717, 1.165) is 55.6 Å². The van der Waals surface area contributed by atoms with Gasteiger partial charge in [0, 0.05) is 12.8 Å². The van der Waals surface area contributed by atoms with Crippen molar-refractivity contribution in [2.45, 2.75) is 83.5 Å². The second kappa shape index (κ2) is 5.94. The summed E-state index contributed by atoms with van der Waals surface area (Å²) in [5.74, 6) is 4.78. The van der Waals surface area contributed by atoms with Gasteiger partial charge in [-0.1, -0.05) is 6.92 Å². The SMILES string of the molecule is CC(O)[C@H]1CC[C@H]2[C@@H]3CC[C@@H]4CC5(CC[C@@H]4[C@H]3CC[C@]12C)OCCO5. The largest absolute Gasteiger partial charge is 0.393 e. The van der Waals surface area contributed by atoms with Crippen LogP contribution in [0.4, 0.5) is 0 Å². The van der Waals surface area contributed by atoms with E-state index in [1.807, 2.05) is 6.92 Å². The molecule has 1 aliphatic heterocycles. The molecule has 4 saturated carbocycles. The van der Waals surface area contributed by atoms with Crippen LogP contribution in [0.2, 0.25) is 0 Å². The number of aliphatic hydroxyl groups excluding tert-OH is 1. The smallest absolute Gasteiger partial charge is 0.168 e. The van der Waals surface area contributed by atoms with Gasteiger partial charge < -0.3 is 14.6 Å². The van der Waals surface area contributed by atoms with Crippen molar-refractivity contribution in [1.29, 1.82) is 0 Å². The maximum atomic E-state index is 10.3. The first-order valence-corrected chi connectivity index (χ1v) is 11.0. The van der Waals surface area contributed by atoms with Crippen LogP contribution in [-0.2, 0) is 9.47 Å². The van der Waals surface area contributed by atoms with Crippen LogP contribution >= 0.6 is 0 Å². The lowest BCUT2D eigenvalue weighted by atomic mass is 9.49. The number of hydrogen-bond acceptors (Lipinski definition) is 3. The maximum Gasteiger partial charge on any atom is 0.168 e. The molecule has 0 aromatic rings. The first-order valence-electron chi connectivity index (χ1n) is 11.0. The third-order valence-corrected chi connectivity index (χ3v) is 9.42. The van der Waals surface area contributed by atoms with Crippen molar-refractivity contribution in [3.63, 3.8) is 0 Å². The molecule has 1 unspecified atom stereocenters. The molecule has 1 saturated heterocycles. The Kier molecular flexibility index (Phi) is 4.04. The molecule has 1 heterocycles. The Hall–Kier alpha value is -0.120. The van der Waals surface area contributed by atoms with Crippen molar-refractivity contribution in [2.24, 2.45) is 40.9 Å². The van der Waals surface area contributed by atoms with Gasteiger partial charge in [-0.15, -0.1) is 0 Å². The van der Waals surface area contributed by atoms with E-state index in [0.29, 0.717) is 11.3 Å². The fourth-order valence-electron chi connectivity index (χ4n) is 8.42. The van der Waals surface area contributed by atoms with E-state index in [4.69, 9.17) is 9.47 Å². The molecular weight excluding hydrogens is 312 g/mol. The first-order chi connectivity index (χ1) is 12.0. The molecule has 0 aromatic heterocycles. The molecule has 8 atom stereocenters. The molecule has 4 aliphatic carbocycles. The second-order valence-corrected chi connectivity index (χ2v) is 10.3. The topological polar surface area (TPSA) is 38.7 Å². The summed E-state index contributed by atoms with van der Waals surface area (Å²) in [6.45, 7) is 6.14. The quantitative estimate of drug-likeness (QED) is 0.764. The van der Waals surface area contributed by atoms with Crippen molar-refractivity contribution < 1.29 is 14.6 Å². The van der Waals surface area contributed by atoms with Crippen molar-refractivity contribution in [3.8, 4) is 0 Å². The van der Waals surface area contributed by atoms with Crippen molar-refractivity contribution in [2.75, 3.05) is 13.2 Å². The van der Waals surface area contributed by atoms with E-state index >= 15 is 0 Å². The predicted molar refractivity (Wildman–Crippen MR) is 96.9 cm³/mol. The Morgan fingerprint density at radius 1 is 0.880 bits per heavy atom. The van der Waals surface area contributed by atoms with E-state index in [-0.39, 0.29) is 11.9 Å². The van der Waals surface area contributed by atoms with Crippen molar-refractivity contribution in [1.82, 2.24) is 0 Å². The normalized spacial score (nSPS) is 52.4. The molecule has 0 aromatic carbocycles. The van der Waals surface area contributed by atoms with Crippen molar-refractivity contribution in [3.05, 3.63) is 0 Å². The molecular formula is C22H36O3. The highest BCUT2D eigenvalue weighted by Crippen LogP contribution is 2.65. The average Bonchev–Trinajstić information content (AvgIpc) is 3.18. The molecule has 25 heavy (non-hydrogen) atoms. The fourth-order valence-corrected chi connectivity index (χ4v) is 8.42. The van der Waals surface area contributed by atoms with Crippen LogP contribution in [0.25, 0.3) is 0 Å². The van der Waals surface area contributed by atoms with E-state index in [1.54, 1.807) is 0 Å². The Morgan fingerprint density at radius 2 is 1.64 bits per heavy atom. The summed E-state index contributed by atoms with van der Waals surface area (Å²) in [4.78, 5) is 0. The molecule has 0 amide bonds. The van der Waals surface area contributed by atoms with Gasteiger partial charge in [0.2, 0.25) is 0 Å². The zero-order chi connectivity index (χ0) is 17.2. The van der Waals surface area contributed by atoms with Gasteiger partial charge in [0.1, 0.15) is 0 Å². The molecule has 5 aliphatic rings. The first kappa shape index (κ1) is 17.0. The number of rotatable bonds is 1. The minimum absolute atomic E-state index is 0.130. The molecule has 1 N–H and O–H groups in total. The Balaban J connectivity index is 1.34. The van der Waals surface area contributed by atoms with E-state index in [1.165, 1.54) is 44.9 Å². The van der Waals surface area contributed by atoms with Gasteiger partial charge >= 0.3 is 0 Å². The summed E-state index contributed by atoms with van der Waals surface area (Å²) in [6.07, 6.45) is 11.6. The standard InChI is InChI=1S/C22H36O3/c1-14(23)19-5-6-20-18-4-3-15-13-22(24-11-12-25-22)10-8-16(15)17(18)7-9-21(19,20)2/h14-20,23H,3-13H2,1-2H3/t14?,15-,16+,17-,18-,19-,20+,21-/m1/s1. The van der Waals surface area contributed by atoms with E-state index in [9.17, 15) is 5.11 Å². The Bertz CT molecular complexity index is 511. The van der Waals surface area contributed by atoms with Crippen LogP contribution in [0.3, 0.4) is 0 Å². The molecule has 5 rings (SSSR count). The van der Waals surface area contributed by atoms with Crippen LogP contribution in [-0.4, -0.2) is 30.2 Å². The number of aliphatic hydroxyl groups is 1. The van der Waals surface area contributed by atoms with Crippen LogP contribution < -0.4 is 0 Å². The lowest BCUT2D eigenvalue weighted by molar-refractivity contribution is -0.209. The van der Waals surface area contributed by atoms with Crippen LogP contribution in [0.5, 0.6) is 0 Å². The summed E-state index contributed by atoms with van der Waals surface area (Å²) in [5, 5.41) is 10.3. The van der Waals surface area contributed by atoms with Gasteiger partial charge in [-0.2, -0.15) is 0 Å². The summed E-state index contributed by atoms with van der Waals surface area (Å²) in [5.41, 5.74) is 0.399. The highest BCUT2D eigenvalue weighted by atomic mass is 16.7. The molecule has 1 spiro atoms. The van der Waals surface area contributed by atoms with Crippen LogP contribution in [0, 0.1) is 40.9 Å². The summed E-state index contributed by atoms with van der Waals surface area (Å²) < 4.78 is 12.1. The molecule has 142 valence electrons. The van der Waals surface area contributed by atoms with Gasteiger partial charge in [-0.25, -0.2) is 0 Å². The monoisotopic (exact) mass is 348 g/mol. The fraction of sp³-hybridized carbons (Fsp3) is 1.00. The number of fused-ring (bicyclic) bond motifs is 5. The van der Waals surface area contributed by atoms with Gasteiger partial charge in [0.25, 0.3) is 0 Å². The summed E-state index contributed by atoms with van der Waals surface area (Å²) >= 11 is 0. The molecule has 5 fully saturated rings. The Morgan fingerprint density at radius 3 is 2.40 bits per heavy atom. The lowest BCUT2D eigenvalue weighted by Gasteiger charge is -2.57. The molecule has 0 bridgehead atoms. The minimum atomic E-state index is -0.206. The average molecular weight is 349 g/mol. The number of ether oxygens (including phenoxy) is 2. The van der Waals surface area contributed by atoms with Gasteiger partial charge in [-0.05, 0) is 92.8 Å². The Labute approximate surface area is 152 Å². The lowest BCUT2D eigenvalue weighted by Crippen LogP contribution is -2.51. The third-order valence-electron chi connectivity index (χ3n) is 9.42. The highest BCUT2D eigenvalue weighted by Gasteiger charge is 2.59. The zero-order valence-corrected chi connectivity index (χ0v) is 16.1. The van der Waals surface area contributed by atoms with Gasteiger partial charge in [0.05, 0.1) is 19.3 Å². The molecule has 3 heteroatoms. The van der Waals surface area contributed by atoms with Gasteiger partial charge in [0.15, 0.2) is 5.79 Å². The molecule has 3 nitrogen and oxygen atoms in total. The summed E-state index contributed by atoms with van der Waals surface area (Å²) in [6, 6.07) is 0. The molecule has 0 radical (unpaired) electrons. The minimum Gasteiger partial charge on any atom is -0.393 e. The zero-order valence-electron chi connectivity index (χ0n) is 16.1. The van der Waals surface area contributed by atoms with Gasteiger partial charge in [-0.3, -0.25) is 0 Å². The second-order valence-electron chi connectivity index (χ2n) is 10.3. The predicted octanol–water partition coefficient (Wildman–Crippen LogP) is 4.38.